The topological polar surface area (TPSA) is 12.4 Å². The van der Waals surface area contributed by atoms with Crippen LogP contribution in [-0.4, -0.2) is 6.72 Å². The van der Waals surface area contributed by atoms with Gasteiger partial charge in [-0.05, 0) is 55.2 Å². The molecule has 0 fully saturated rings. The first-order chi connectivity index (χ1) is 13.3. The number of rotatable bonds is 3. The van der Waals surface area contributed by atoms with Crippen LogP contribution >= 0.6 is 14.4 Å². The quantitative estimate of drug-likeness (QED) is 0.276. The highest BCUT2D eigenvalue weighted by Gasteiger charge is 2.21. The van der Waals surface area contributed by atoms with E-state index in [9.17, 15) is 0 Å². The molecule has 3 heteroatoms. The van der Waals surface area contributed by atoms with Gasteiger partial charge in [-0.15, -0.1) is 0 Å². The highest BCUT2D eigenvalue weighted by Crippen LogP contribution is 2.74. The average Bonchev–Trinajstić information content (AvgIpc) is 3.21. The molecule has 2 heterocycles. The third-order valence-corrected chi connectivity index (χ3v) is 12.5. The first-order valence-electron chi connectivity index (χ1n) is 9.07. The fraction of sp³-hybridized carbons (Fsp3) is 0.0417. The van der Waals surface area contributed by atoms with Crippen molar-refractivity contribution in [3.63, 3.8) is 0 Å². The summed E-state index contributed by atoms with van der Waals surface area (Å²) in [5, 5.41) is 8.52. The summed E-state index contributed by atoms with van der Waals surface area (Å²) in [5.74, 6) is 0. The molecule has 130 valence electrons. The third-order valence-electron chi connectivity index (χ3n) is 5.10. The molecule has 1 nitrogen and oxygen atoms in total. The summed E-state index contributed by atoms with van der Waals surface area (Å²) in [6.07, 6.45) is 4.31. The summed E-state index contributed by atoms with van der Waals surface area (Å²) in [4.78, 5) is 4.60. The van der Waals surface area contributed by atoms with Crippen LogP contribution in [-0.2, 0) is 0 Å². The van der Waals surface area contributed by atoms with Crippen molar-refractivity contribution in [2.75, 3.05) is 0 Å². The number of aliphatic imine (C=N–C) groups is 1. The van der Waals surface area contributed by atoms with Crippen molar-refractivity contribution in [2.45, 2.75) is 6.92 Å². The summed E-state index contributed by atoms with van der Waals surface area (Å²) in [7, 11) is -1.09. The largest absolute Gasteiger partial charge is 0.259 e. The smallest absolute Gasteiger partial charge is 0.0972 e. The van der Waals surface area contributed by atoms with Gasteiger partial charge in [0.05, 0.1) is 5.42 Å². The number of benzene rings is 3. The van der Waals surface area contributed by atoms with Gasteiger partial charge in [0, 0.05) is 20.9 Å². The highest BCUT2D eigenvalue weighted by atomic mass is 32.0. The van der Waals surface area contributed by atoms with E-state index in [1.807, 2.05) is 0 Å². The second-order valence-corrected chi connectivity index (χ2v) is 12.1. The Morgan fingerprint density at radius 3 is 1.70 bits per heavy atom. The van der Waals surface area contributed by atoms with Crippen molar-refractivity contribution < 1.29 is 0 Å². The first-order valence-corrected chi connectivity index (χ1v) is 12.5. The second-order valence-electron chi connectivity index (χ2n) is 6.57. The molecule has 0 aliphatic carbocycles. The molecule has 1 atom stereocenters. The summed E-state index contributed by atoms with van der Waals surface area (Å²) in [6.45, 7) is 6.05. The summed E-state index contributed by atoms with van der Waals surface area (Å²) >= 11 is 0. The Morgan fingerprint density at radius 1 is 0.704 bits per heavy atom. The Labute approximate surface area is 160 Å². The van der Waals surface area contributed by atoms with Crippen LogP contribution in [0.4, 0.5) is 5.42 Å². The number of hydrogen-bond acceptors (Lipinski definition) is 1. The van der Waals surface area contributed by atoms with Crippen molar-refractivity contribution in [3.8, 4) is 0 Å². The lowest BCUT2D eigenvalue weighted by atomic mass is 10.1. The molecule has 0 radical (unpaired) electrons. The molecule has 3 aromatic carbocycles. The standard InChI is InChI=1S/C24H19NP2/c1-3-10-20-19-13-6-9-16-23(19)27(24(20)25-2)26-21-14-7-4-11-17(21)18-12-5-8-15-22(18)26/h3-16H,2H2,1H3/b10-3-. The Balaban J connectivity index is 2.05. The molecule has 0 aliphatic rings. The van der Waals surface area contributed by atoms with Crippen LogP contribution in [0.1, 0.15) is 12.5 Å². The lowest BCUT2D eigenvalue weighted by Crippen LogP contribution is -1.67. The van der Waals surface area contributed by atoms with E-state index in [1.165, 1.54) is 42.5 Å². The van der Waals surface area contributed by atoms with Crippen LogP contribution in [0.25, 0.3) is 37.6 Å². The molecule has 0 N–H and O–H groups in total. The zero-order chi connectivity index (χ0) is 18.4. The molecule has 0 spiro atoms. The van der Waals surface area contributed by atoms with E-state index in [4.69, 9.17) is 0 Å². The van der Waals surface area contributed by atoms with Crippen molar-refractivity contribution in [1.82, 2.24) is 0 Å². The molecular weight excluding hydrogens is 364 g/mol. The summed E-state index contributed by atoms with van der Waals surface area (Å²) < 4.78 is 0. The van der Waals surface area contributed by atoms with Gasteiger partial charge in [-0.25, -0.2) is 0 Å². The Bertz CT molecular complexity index is 1300. The molecule has 0 aliphatic heterocycles. The molecule has 0 amide bonds. The maximum atomic E-state index is 4.60. The lowest BCUT2D eigenvalue weighted by molar-refractivity contribution is 1.66. The van der Waals surface area contributed by atoms with Crippen LogP contribution in [0.3, 0.4) is 0 Å². The van der Waals surface area contributed by atoms with Crippen LogP contribution < -0.4 is 0 Å². The van der Waals surface area contributed by atoms with E-state index in [0.29, 0.717) is 0 Å². The van der Waals surface area contributed by atoms with E-state index in [0.717, 1.165) is 0 Å². The van der Waals surface area contributed by atoms with Gasteiger partial charge in [-0.3, -0.25) is 4.99 Å². The van der Waals surface area contributed by atoms with Gasteiger partial charge >= 0.3 is 0 Å². The van der Waals surface area contributed by atoms with E-state index in [-0.39, 0.29) is 0 Å². The fourth-order valence-electron chi connectivity index (χ4n) is 4.04. The van der Waals surface area contributed by atoms with E-state index in [1.54, 1.807) is 0 Å². The van der Waals surface area contributed by atoms with Gasteiger partial charge in [0.2, 0.25) is 0 Å². The SMILES string of the molecule is C=Nc1c(/C=C\C)c2ccccc2p1-p1c2ccccc2c2ccccc21. The summed E-state index contributed by atoms with van der Waals surface area (Å²) in [6, 6.07) is 26.7. The molecule has 0 bridgehead atoms. The molecule has 5 rings (SSSR count). The van der Waals surface area contributed by atoms with E-state index in [2.05, 4.69) is 104 Å². The number of allylic oxidation sites excluding steroid dienone is 1. The van der Waals surface area contributed by atoms with Gasteiger partial charge in [-0.2, -0.15) is 0 Å². The van der Waals surface area contributed by atoms with E-state index >= 15 is 0 Å². The van der Waals surface area contributed by atoms with Crippen LogP contribution in [0.2, 0.25) is 0 Å². The van der Waals surface area contributed by atoms with Gasteiger partial charge in [0.25, 0.3) is 0 Å². The predicted molar refractivity (Wildman–Crippen MR) is 126 cm³/mol. The molecule has 0 saturated carbocycles. The lowest BCUT2D eigenvalue weighted by Gasteiger charge is -2.06. The second kappa shape index (κ2) is 6.54. The number of fused-ring (bicyclic) bond motifs is 4. The zero-order valence-corrected chi connectivity index (χ0v) is 16.9. The molecular formula is C24H19NP2. The van der Waals surface area contributed by atoms with E-state index < -0.39 is 14.4 Å². The Morgan fingerprint density at radius 2 is 1.19 bits per heavy atom. The van der Waals surface area contributed by atoms with Gasteiger partial charge in [0.15, 0.2) is 0 Å². The Hall–Kier alpha value is -2.59. The van der Waals surface area contributed by atoms with Crippen LogP contribution in [0.5, 0.6) is 0 Å². The monoisotopic (exact) mass is 383 g/mol. The maximum Gasteiger partial charge on any atom is 0.0972 e. The average molecular weight is 383 g/mol. The third kappa shape index (κ3) is 2.36. The van der Waals surface area contributed by atoms with Gasteiger partial charge in [0.1, 0.15) is 0 Å². The normalized spacial score (nSPS) is 12.6. The predicted octanol–water partition coefficient (Wildman–Crippen LogP) is 8.80. The van der Waals surface area contributed by atoms with Gasteiger partial charge < -0.3 is 0 Å². The summed E-state index contributed by atoms with van der Waals surface area (Å²) in [5.41, 5.74) is 2.43. The first kappa shape index (κ1) is 16.6. The Kier molecular flexibility index (Phi) is 4.01. The van der Waals surface area contributed by atoms with Crippen molar-refractivity contribution >= 4 is 64.2 Å². The van der Waals surface area contributed by atoms with Gasteiger partial charge in [-0.1, -0.05) is 74.0 Å². The van der Waals surface area contributed by atoms with Crippen molar-refractivity contribution in [1.29, 1.82) is 0 Å². The number of nitrogens with zero attached hydrogens (tertiary/aromatic N) is 1. The zero-order valence-electron chi connectivity index (χ0n) is 15.1. The molecule has 1 unspecified atom stereocenters. The van der Waals surface area contributed by atoms with Crippen LogP contribution in [0.15, 0.2) is 83.9 Å². The molecule has 2 aromatic heterocycles. The molecule has 5 aromatic rings. The minimum Gasteiger partial charge on any atom is -0.259 e. The van der Waals surface area contributed by atoms with Crippen molar-refractivity contribution in [2.24, 2.45) is 4.99 Å². The molecule has 0 saturated heterocycles. The van der Waals surface area contributed by atoms with Crippen LogP contribution in [0, 0.1) is 0 Å². The minimum absolute atomic E-state index is 0.508. The number of hydrogen-bond donors (Lipinski definition) is 0. The maximum absolute atomic E-state index is 4.60. The highest BCUT2D eigenvalue weighted by molar-refractivity contribution is 8.29. The molecule has 27 heavy (non-hydrogen) atoms. The fourth-order valence-corrected chi connectivity index (χ4v) is 12.5. The minimum atomic E-state index is -0.586. The van der Waals surface area contributed by atoms with Crippen molar-refractivity contribution in [3.05, 3.63) is 84.4 Å².